The number of halogens is 6. The topological polar surface area (TPSA) is 196 Å². The van der Waals surface area contributed by atoms with Crippen LogP contribution in [0.4, 0.5) is 21.0 Å². The fourth-order valence-corrected chi connectivity index (χ4v) is 11.6. The Morgan fingerprint density at radius 1 is 0.576 bits per heavy atom. The Balaban J connectivity index is 1.39. The molecular weight excluding hydrogens is 1260 g/mol. The highest BCUT2D eigenvalue weighted by molar-refractivity contribution is 6.74. The number of likely N-dealkylation sites (N-methyl/N-ethyl adjacent to an activating group) is 2. The Morgan fingerprint density at radius 2 is 0.918 bits per heavy atom. The van der Waals surface area contributed by atoms with Gasteiger partial charge in [-0.1, -0.05) is 123 Å². The van der Waals surface area contributed by atoms with E-state index in [2.05, 4.69) is 0 Å². The molecule has 28 heteroatoms. The van der Waals surface area contributed by atoms with Gasteiger partial charge in [-0.05, 0) is 72.4 Å². The van der Waals surface area contributed by atoms with Crippen LogP contribution >= 0.6 is 69.6 Å². The summed E-state index contributed by atoms with van der Waals surface area (Å²) in [5, 5.41) is -0.778. The number of amides is 6. The number of nitrogens with zero attached hydrogens (tertiary/aromatic N) is 6. The molecule has 0 saturated carbocycles. The number of fused-ring (bicyclic) bond motifs is 4. The van der Waals surface area contributed by atoms with E-state index in [1.807, 2.05) is 67.7 Å². The second-order valence-corrected chi connectivity index (χ2v) is 38.8. The van der Waals surface area contributed by atoms with E-state index in [9.17, 15) is 28.8 Å². The van der Waals surface area contributed by atoms with Gasteiger partial charge in [0.1, 0.15) is 13.2 Å². The van der Waals surface area contributed by atoms with E-state index in [-0.39, 0.29) is 99.9 Å². The number of methoxy groups -OCH3 is 2. The highest BCUT2D eigenvalue weighted by atomic mass is 35.6. The van der Waals surface area contributed by atoms with Gasteiger partial charge in [0.15, 0.2) is 52.1 Å². The average molecular weight is 1340 g/mol. The van der Waals surface area contributed by atoms with Gasteiger partial charge in [0, 0.05) is 71.3 Å². The van der Waals surface area contributed by atoms with Crippen LogP contribution in [0, 0.1) is 0 Å². The van der Waals surface area contributed by atoms with Gasteiger partial charge in [-0.2, -0.15) is 0 Å². The van der Waals surface area contributed by atoms with Gasteiger partial charge >= 0.3 is 12.2 Å². The van der Waals surface area contributed by atoms with Crippen molar-refractivity contribution in [1.82, 2.24) is 19.6 Å². The first-order valence-electron chi connectivity index (χ1n) is 27.2. The summed E-state index contributed by atoms with van der Waals surface area (Å²) in [5.41, 5.74) is 1.40. The maximum Gasteiger partial charge on any atom is 0.416 e. The zero-order chi connectivity index (χ0) is 63.7. The molecular formula is C57H76Cl6N6O14Si2. The number of alkyl halides is 6. The molecule has 6 amide bonds. The molecule has 4 aliphatic rings. The molecule has 4 heterocycles. The molecule has 0 unspecified atom stereocenters. The Morgan fingerprint density at radius 3 is 1.21 bits per heavy atom. The lowest BCUT2D eigenvalue weighted by atomic mass is 10.1. The zero-order valence-corrected chi connectivity index (χ0v) is 57.2. The second kappa shape index (κ2) is 26.8. The van der Waals surface area contributed by atoms with Gasteiger partial charge < -0.3 is 56.9 Å². The number of allylic oxidation sites excluding steroid dienone is 2. The minimum Gasteiger partial charge on any atom is -0.493 e. The van der Waals surface area contributed by atoms with Crippen molar-refractivity contribution in [3.8, 4) is 23.0 Å². The van der Waals surface area contributed by atoms with Gasteiger partial charge in [-0.25, -0.2) is 19.4 Å². The van der Waals surface area contributed by atoms with Gasteiger partial charge in [0.25, 0.3) is 11.8 Å². The van der Waals surface area contributed by atoms with Crippen molar-refractivity contribution in [2.75, 3.05) is 78.6 Å². The molecule has 0 bridgehead atoms. The van der Waals surface area contributed by atoms with Crippen LogP contribution in [-0.2, 0) is 27.9 Å². The smallest absolute Gasteiger partial charge is 0.416 e. The fraction of sp³-hybridized carbons (Fsp3) is 0.544. The maximum absolute atomic E-state index is 15.0. The molecule has 4 atom stereocenters. The minimum absolute atomic E-state index is 0.0247. The Kier molecular flexibility index (Phi) is 21.9. The van der Waals surface area contributed by atoms with Gasteiger partial charge in [0.05, 0.1) is 62.0 Å². The van der Waals surface area contributed by atoms with Crippen LogP contribution in [0.25, 0.3) is 0 Å². The highest BCUT2D eigenvalue weighted by Crippen LogP contribution is 2.49. The highest BCUT2D eigenvalue weighted by Gasteiger charge is 2.53. The third-order valence-corrected chi connectivity index (χ3v) is 25.1. The lowest BCUT2D eigenvalue weighted by molar-refractivity contribution is -0.124. The van der Waals surface area contributed by atoms with Crippen LogP contribution in [0.5, 0.6) is 23.0 Å². The molecule has 468 valence electrons. The van der Waals surface area contributed by atoms with E-state index in [0.717, 1.165) is 0 Å². The molecule has 2 aromatic rings. The van der Waals surface area contributed by atoms with E-state index >= 15 is 0 Å². The molecule has 4 aliphatic heterocycles. The molecule has 0 aromatic heterocycles. The van der Waals surface area contributed by atoms with E-state index in [1.54, 1.807) is 52.7 Å². The minimum atomic E-state index is -2.83. The molecule has 20 nitrogen and oxygen atoms in total. The summed E-state index contributed by atoms with van der Waals surface area (Å²) < 4.78 is 46.1. The second-order valence-electron chi connectivity index (χ2n) is 24.2. The summed E-state index contributed by atoms with van der Waals surface area (Å²) in [7, 11) is 3.63. The Bertz CT molecular complexity index is 2830. The predicted molar refractivity (Wildman–Crippen MR) is 335 cm³/mol. The summed E-state index contributed by atoms with van der Waals surface area (Å²) in [6.45, 7) is 18.9. The van der Waals surface area contributed by atoms with Gasteiger partial charge in [0.2, 0.25) is 19.4 Å². The summed E-state index contributed by atoms with van der Waals surface area (Å²) in [4.78, 5) is 92.9. The Labute approximate surface area is 529 Å². The number of carbonyl (C=O) groups is 6. The molecule has 0 N–H and O–H groups in total. The van der Waals surface area contributed by atoms with Crippen LogP contribution in [0.1, 0.15) is 81.5 Å². The van der Waals surface area contributed by atoms with E-state index in [4.69, 9.17) is 107 Å². The molecule has 0 spiro atoms. The largest absolute Gasteiger partial charge is 0.493 e. The molecule has 0 saturated heterocycles. The Hall–Kier alpha value is -4.89. The van der Waals surface area contributed by atoms with Crippen LogP contribution < -0.4 is 28.7 Å². The van der Waals surface area contributed by atoms with Gasteiger partial charge in [-0.15, -0.1) is 0 Å². The summed E-state index contributed by atoms with van der Waals surface area (Å²) in [5.74, 6) is -1.05. The number of ether oxygens (including phenoxy) is 6. The van der Waals surface area contributed by atoms with Crippen molar-refractivity contribution in [2.24, 2.45) is 0 Å². The van der Waals surface area contributed by atoms with E-state index in [1.165, 1.54) is 80.0 Å². The number of hydrogen-bond donors (Lipinski definition) is 0. The SMILES string of the molecule is COc1cc2c(cc1OCCCOc1cc3c(cc1OC)C(=O)N1C=C(C=CC(=O)N(C)C)C[C@H]1[C@H](O[Si](C)(C)C(C)(C)C)N3C(=O)OCC(Cl)(Cl)Cl)N(C(=O)OCC(Cl)(Cl)Cl)[C@@H](O[Si](C)(C)C(C)(C)C)[C@@H]1CC(C=CC(=O)N(C)C)=CN1C2=O. The molecule has 0 aliphatic carbocycles. The molecule has 6 rings (SSSR count). The number of hydrogen-bond acceptors (Lipinski definition) is 14. The summed E-state index contributed by atoms with van der Waals surface area (Å²) in [6, 6.07) is 4.23. The van der Waals surface area contributed by atoms with E-state index < -0.39 is 86.0 Å². The summed E-state index contributed by atoms with van der Waals surface area (Å²) >= 11 is 36.8. The monoisotopic (exact) mass is 1330 g/mol. The third kappa shape index (κ3) is 16.4. The van der Waals surface area contributed by atoms with Gasteiger partial charge in [-0.3, -0.25) is 19.2 Å². The van der Waals surface area contributed by atoms with Crippen molar-refractivity contribution < 1.29 is 66.0 Å². The molecule has 2 aromatic carbocycles. The van der Waals surface area contributed by atoms with Crippen molar-refractivity contribution >= 4 is 133 Å². The maximum atomic E-state index is 15.0. The molecule has 0 radical (unpaired) electrons. The lowest BCUT2D eigenvalue weighted by Gasteiger charge is -2.44. The van der Waals surface area contributed by atoms with Crippen molar-refractivity contribution in [2.45, 2.75) is 129 Å². The van der Waals surface area contributed by atoms with Crippen LogP contribution in [0.15, 0.2) is 72.1 Å². The quantitative estimate of drug-likeness (QED) is 0.0591. The average Bonchev–Trinajstić information content (AvgIpc) is 1.94. The van der Waals surface area contributed by atoms with Crippen LogP contribution in [0.3, 0.4) is 0 Å². The third-order valence-electron chi connectivity index (χ3n) is 15.5. The predicted octanol–water partition coefficient (Wildman–Crippen LogP) is 12.4. The first-order valence-corrected chi connectivity index (χ1v) is 35.3. The van der Waals surface area contributed by atoms with Crippen molar-refractivity contribution in [1.29, 1.82) is 0 Å². The lowest BCUT2D eigenvalue weighted by Crippen LogP contribution is -2.58. The van der Waals surface area contributed by atoms with Crippen LogP contribution in [-0.4, -0.2) is 173 Å². The normalized spacial score (nSPS) is 19.4. The first-order chi connectivity index (χ1) is 39.2. The first kappa shape index (κ1) is 69.2. The number of benzene rings is 2. The number of anilines is 2. The zero-order valence-electron chi connectivity index (χ0n) is 50.7. The van der Waals surface area contributed by atoms with Crippen LogP contribution in [0.2, 0.25) is 36.3 Å². The van der Waals surface area contributed by atoms with Crippen molar-refractivity contribution in [3.63, 3.8) is 0 Å². The van der Waals surface area contributed by atoms with Crippen molar-refractivity contribution in [3.05, 3.63) is 83.2 Å². The number of carbonyl (C=O) groups excluding carboxylic acids is 6. The standard InChI is InChI=1S/C57H76Cl6N6O14Si2/c1-54(2,3)84(13,14)82-50-40-24-34(18-20-46(70)64(7)8)30-66(40)48(72)36-26-42(76-11)44(28-38(36)68(50)52(74)80-32-56(58,59)60)78-22-17-23-79-45-29-39-37(27-43(45)77-12)49(73)67-31-35(19-21-47(71)65(9)10)25-41(67)51(83-85(15,16)55(4,5)6)69(39)53(75)81-33-57(61,62)63/h18-21,26-31,40-41,50-51H,17,22-25,32-33H2,1-16H3/t40-,41-,50-,51-/m0/s1. The molecule has 85 heavy (non-hydrogen) atoms. The number of rotatable bonds is 18. The fourth-order valence-electron chi connectivity index (χ4n) is 8.86. The van der Waals surface area contributed by atoms with E-state index in [0.29, 0.717) is 11.1 Å². The summed E-state index contributed by atoms with van der Waals surface area (Å²) in [6.07, 6.45) is 5.52. The molecule has 0 fully saturated rings.